The number of nitrogens with zero attached hydrogens (tertiary/aromatic N) is 1. The maximum absolute atomic E-state index is 13.0. The van der Waals surface area contributed by atoms with E-state index in [0.29, 0.717) is 40.1 Å². The smallest absolute Gasteiger partial charge is 0.336 e. The van der Waals surface area contributed by atoms with Crippen molar-refractivity contribution in [2.45, 2.75) is 34.6 Å². The summed E-state index contributed by atoms with van der Waals surface area (Å²) in [4.78, 5) is 27.3. The van der Waals surface area contributed by atoms with Crippen LogP contribution in [0, 0.1) is 18.8 Å². The van der Waals surface area contributed by atoms with Crippen LogP contribution in [0.25, 0.3) is 11.1 Å². The number of benzene rings is 3. The van der Waals surface area contributed by atoms with Gasteiger partial charge in [-0.25, -0.2) is 9.59 Å². The molecule has 7 heteroatoms. The van der Waals surface area contributed by atoms with Crippen molar-refractivity contribution in [2.75, 3.05) is 35.7 Å². The van der Waals surface area contributed by atoms with Gasteiger partial charge in [0.05, 0.1) is 24.0 Å². The second-order valence-corrected chi connectivity index (χ2v) is 10.1. The minimum absolute atomic E-state index is 0.128. The highest BCUT2D eigenvalue weighted by atomic mass is 16.5. The van der Waals surface area contributed by atoms with Gasteiger partial charge in [0, 0.05) is 18.8 Å². The van der Waals surface area contributed by atoms with Crippen molar-refractivity contribution in [3.8, 4) is 16.9 Å². The molecule has 3 aromatic rings. The van der Waals surface area contributed by atoms with E-state index >= 15 is 0 Å². The van der Waals surface area contributed by atoms with Crippen LogP contribution in [0.4, 0.5) is 21.9 Å². The van der Waals surface area contributed by atoms with Crippen LogP contribution in [0.3, 0.4) is 0 Å². The Morgan fingerprint density at radius 3 is 2.11 bits per heavy atom. The number of ether oxygens (including phenoxy) is 1. The van der Waals surface area contributed by atoms with E-state index in [-0.39, 0.29) is 11.6 Å². The molecular formula is C30H37N3O4. The van der Waals surface area contributed by atoms with E-state index in [1.807, 2.05) is 49.4 Å². The Labute approximate surface area is 219 Å². The van der Waals surface area contributed by atoms with Crippen molar-refractivity contribution in [3.63, 3.8) is 0 Å². The first-order valence-corrected chi connectivity index (χ1v) is 12.5. The third-order valence-electron chi connectivity index (χ3n) is 5.83. The molecule has 3 N–H and O–H groups in total. The average molecular weight is 504 g/mol. The van der Waals surface area contributed by atoms with Crippen LogP contribution in [-0.2, 0) is 0 Å². The van der Waals surface area contributed by atoms with Gasteiger partial charge < -0.3 is 25.4 Å². The first-order valence-electron chi connectivity index (χ1n) is 12.5. The molecule has 2 amide bonds. The lowest BCUT2D eigenvalue weighted by molar-refractivity contribution is 0.0697. The predicted molar refractivity (Wildman–Crippen MR) is 151 cm³/mol. The Morgan fingerprint density at radius 2 is 1.54 bits per heavy atom. The van der Waals surface area contributed by atoms with Crippen molar-refractivity contribution in [2.24, 2.45) is 11.8 Å². The van der Waals surface area contributed by atoms with E-state index in [9.17, 15) is 14.7 Å². The number of rotatable bonds is 10. The first-order chi connectivity index (χ1) is 17.6. The number of hydrogen-bond donors (Lipinski definition) is 3. The van der Waals surface area contributed by atoms with E-state index in [2.05, 4.69) is 43.2 Å². The van der Waals surface area contributed by atoms with E-state index in [1.165, 1.54) is 13.2 Å². The number of nitrogens with one attached hydrogen (secondary N) is 2. The molecule has 0 unspecified atom stereocenters. The van der Waals surface area contributed by atoms with Gasteiger partial charge in [-0.15, -0.1) is 0 Å². The zero-order valence-corrected chi connectivity index (χ0v) is 22.5. The van der Waals surface area contributed by atoms with Gasteiger partial charge in [-0.3, -0.25) is 0 Å². The van der Waals surface area contributed by atoms with Crippen molar-refractivity contribution in [1.29, 1.82) is 0 Å². The summed E-state index contributed by atoms with van der Waals surface area (Å²) in [6.45, 7) is 12.3. The Bertz CT molecular complexity index is 1230. The van der Waals surface area contributed by atoms with E-state index in [0.717, 1.165) is 24.3 Å². The lowest BCUT2D eigenvalue weighted by atomic mass is 9.97. The highest BCUT2D eigenvalue weighted by molar-refractivity contribution is 6.03. The summed E-state index contributed by atoms with van der Waals surface area (Å²) in [5, 5.41) is 15.8. The summed E-state index contributed by atoms with van der Waals surface area (Å²) < 4.78 is 5.23. The fourth-order valence-electron chi connectivity index (χ4n) is 4.23. The van der Waals surface area contributed by atoms with E-state index < -0.39 is 5.97 Å². The van der Waals surface area contributed by atoms with Crippen LogP contribution in [0.2, 0.25) is 0 Å². The predicted octanol–water partition coefficient (Wildman–Crippen LogP) is 7.13. The number of carbonyl (C=O) groups excluding carboxylic acids is 1. The lowest BCUT2D eigenvalue weighted by Gasteiger charge is -2.31. The molecule has 0 aliphatic carbocycles. The van der Waals surface area contributed by atoms with Crippen molar-refractivity contribution in [3.05, 3.63) is 71.8 Å². The molecular weight excluding hydrogens is 466 g/mol. The Kier molecular flexibility index (Phi) is 9.17. The summed E-state index contributed by atoms with van der Waals surface area (Å²) in [6, 6.07) is 17.9. The molecule has 0 aliphatic heterocycles. The zero-order valence-electron chi connectivity index (χ0n) is 22.5. The Morgan fingerprint density at radius 1 is 0.892 bits per heavy atom. The quantitative estimate of drug-likeness (QED) is 0.274. The number of hydrogen-bond acceptors (Lipinski definition) is 4. The summed E-state index contributed by atoms with van der Waals surface area (Å²) in [7, 11) is 1.50. The summed E-state index contributed by atoms with van der Waals surface area (Å²) >= 11 is 0. The van der Waals surface area contributed by atoms with Crippen LogP contribution in [0.15, 0.2) is 60.7 Å². The molecule has 3 aromatic carbocycles. The fourth-order valence-corrected chi connectivity index (χ4v) is 4.23. The molecule has 0 saturated carbocycles. The number of carboxylic acid groups (broad SMARTS) is 1. The molecule has 3 rings (SSSR count). The summed E-state index contributed by atoms with van der Waals surface area (Å²) in [6.07, 6.45) is 0. The van der Waals surface area contributed by atoms with Crippen LogP contribution in [0.5, 0.6) is 5.75 Å². The minimum atomic E-state index is -1.05. The molecule has 0 bridgehead atoms. The van der Waals surface area contributed by atoms with Crippen molar-refractivity contribution >= 4 is 29.1 Å². The largest absolute Gasteiger partial charge is 0.497 e. The average Bonchev–Trinajstić information content (AvgIpc) is 2.84. The molecule has 0 heterocycles. The third kappa shape index (κ3) is 7.49. The van der Waals surface area contributed by atoms with Crippen LogP contribution in [-0.4, -0.2) is 37.3 Å². The number of methoxy groups -OCH3 is 1. The minimum Gasteiger partial charge on any atom is -0.497 e. The summed E-state index contributed by atoms with van der Waals surface area (Å²) in [5.41, 5.74) is 4.64. The molecule has 0 fully saturated rings. The van der Waals surface area contributed by atoms with Crippen LogP contribution < -0.4 is 20.3 Å². The third-order valence-corrected chi connectivity index (χ3v) is 5.83. The molecule has 0 atom stereocenters. The number of carbonyl (C=O) groups is 2. The van der Waals surface area contributed by atoms with Gasteiger partial charge in [0.15, 0.2) is 0 Å². The van der Waals surface area contributed by atoms with Crippen LogP contribution >= 0.6 is 0 Å². The molecule has 0 aromatic heterocycles. The number of aryl methyl sites for hydroxylation is 1. The highest BCUT2D eigenvalue weighted by Crippen LogP contribution is 2.35. The van der Waals surface area contributed by atoms with Gasteiger partial charge in [-0.1, -0.05) is 51.5 Å². The van der Waals surface area contributed by atoms with Gasteiger partial charge in [-0.2, -0.15) is 0 Å². The molecule has 0 saturated heterocycles. The van der Waals surface area contributed by atoms with E-state index in [4.69, 9.17) is 4.74 Å². The second-order valence-electron chi connectivity index (χ2n) is 10.1. The van der Waals surface area contributed by atoms with Gasteiger partial charge in [0.25, 0.3) is 0 Å². The Balaban J connectivity index is 2.06. The lowest BCUT2D eigenvalue weighted by Crippen LogP contribution is -2.32. The zero-order chi connectivity index (χ0) is 27.1. The van der Waals surface area contributed by atoms with E-state index in [1.54, 1.807) is 12.1 Å². The number of aromatic carboxylic acids is 1. The standard InChI is InChI=1S/C30H37N3O4/c1-19(2)17-33(18-20(3)4)28-14-9-22(25-13-12-24(37-6)16-26(25)29(34)35)15-27(28)32-30(36)31-23-10-7-21(5)8-11-23/h7-16,19-20H,17-18H2,1-6H3,(H,34,35)(H2,31,32,36). The first kappa shape index (κ1) is 27.6. The fraction of sp³-hybridized carbons (Fsp3) is 0.333. The van der Waals surface area contributed by atoms with Gasteiger partial charge in [0.2, 0.25) is 0 Å². The van der Waals surface area contributed by atoms with Gasteiger partial charge >= 0.3 is 12.0 Å². The molecule has 0 spiro atoms. The molecule has 37 heavy (non-hydrogen) atoms. The van der Waals surface area contributed by atoms with Crippen molar-refractivity contribution < 1.29 is 19.4 Å². The van der Waals surface area contributed by atoms with Crippen molar-refractivity contribution in [1.82, 2.24) is 0 Å². The highest BCUT2D eigenvalue weighted by Gasteiger charge is 2.19. The maximum atomic E-state index is 13.0. The van der Waals surface area contributed by atoms with Crippen LogP contribution in [0.1, 0.15) is 43.6 Å². The molecule has 196 valence electrons. The molecule has 0 aliphatic rings. The van der Waals surface area contributed by atoms with Gasteiger partial charge in [0.1, 0.15) is 5.75 Å². The number of amides is 2. The number of carboxylic acids is 1. The SMILES string of the molecule is COc1ccc(-c2ccc(N(CC(C)C)CC(C)C)c(NC(=O)Nc3ccc(C)cc3)c2)c(C(=O)O)c1. The summed E-state index contributed by atoms with van der Waals surface area (Å²) in [5.74, 6) is 0.236. The topological polar surface area (TPSA) is 90.9 Å². The normalized spacial score (nSPS) is 10.9. The Hall–Kier alpha value is -4.00. The monoisotopic (exact) mass is 503 g/mol. The molecule has 7 nitrogen and oxygen atoms in total. The number of anilines is 3. The maximum Gasteiger partial charge on any atom is 0.336 e. The number of urea groups is 1. The second kappa shape index (κ2) is 12.3. The van der Waals surface area contributed by atoms with Gasteiger partial charge in [-0.05, 0) is 72.4 Å². The molecule has 0 radical (unpaired) electrons.